The van der Waals surface area contributed by atoms with Gasteiger partial charge < -0.3 is 0 Å². The molecule has 0 saturated carbocycles. The van der Waals surface area contributed by atoms with E-state index in [-0.39, 0.29) is 0 Å². The summed E-state index contributed by atoms with van der Waals surface area (Å²) in [6.45, 7) is 4.26. The van der Waals surface area contributed by atoms with Gasteiger partial charge in [-0.1, -0.05) is 0 Å². The molecule has 2 rings (SSSR count). The third-order valence-corrected chi connectivity index (χ3v) is 1.90. The molecule has 0 aliphatic carbocycles. The van der Waals surface area contributed by atoms with Crippen molar-refractivity contribution in [2.45, 2.75) is 6.92 Å². The van der Waals surface area contributed by atoms with Gasteiger partial charge >= 0.3 is 66.4 Å². The molecule has 0 bridgehead atoms. The van der Waals surface area contributed by atoms with Crippen LogP contribution in [0.5, 0.6) is 0 Å². The average Bonchev–Trinajstić information content (AvgIpc) is 2.04. The Morgan fingerprint density at radius 2 is 2.09 bits per heavy atom. The minimum atomic E-state index is 1.32. The van der Waals surface area contributed by atoms with E-state index in [4.69, 9.17) is 0 Å². The summed E-state index contributed by atoms with van der Waals surface area (Å²) < 4.78 is 0. The van der Waals surface area contributed by atoms with Gasteiger partial charge in [0.1, 0.15) is 0 Å². The fourth-order valence-corrected chi connectivity index (χ4v) is 1.31. The van der Waals surface area contributed by atoms with Gasteiger partial charge in [0.2, 0.25) is 0 Å². The van der Waals surface area contributed by atoms with Crippen LogP contribution in [0.2, 0.25) is 0 Å². The summed E-state index contributed by atoms with van der Waals surface area (Å²) >= 11 is 0. The zero-order chi connectivity index (χ0) is 7.68. The molecule has 0 N–H and O–H groups in total. The van der Waals surface area contributed by atoms with Gasteiger partial charge in [0.05, 0.1) is 0 Å². The van der Waals surface area contributed by atoms with E-state index in [1.165, 1.54) is 16.2 Å². The second-order valence-corrected chi connectivity index (χ2v) is 2.85. The van der Waals surface area contributed by atoms with Gasteiger partial charge in [-0.3, -0.25) is 0 Å². The van der Waals surface area contributed by atoms with Crippen LogP contribution in [-0.4, -0.2) is 6.91 Å². The Kier molecular flexibility index (Phi) is 1.50. The van der Waals surface area contributed by atoms with E-state index in [1.807, 2.05) is 0 Å². The van der Waals surface area contributed by atoms with Gasteiger partial charge in [-0.15, -0.1) is 0 Å². The number of aryl methyl sites for hydroxylation is 1. The van der Waals surface area contributed by atoms with E-state index in [9.17, 15) is 0 Å². The Bertz CT molecular complexity index is 379. The average molecular weight is 140 g/mol. The molecule has 0 amide bonds. The van der Waals surface area contributed by atoms with E-state index < -0.39 is 0 Å². The fraction of sp³-hybridized carbons (Fsp3) is 0.100. The van der Waals surface area contributed by atoms with Crippen molar-refractivity contribution in [3.8, 4) is 0 Å². The van der Waals surface area contributed by atoms with Crippen LogP contribution in [0, 0.1) is 6.92 Å². The first-order chi connectivity index (χ1) is 5.36. The van der Waals surface area contributed by atoms with Crippen molar-refractivity contribution in [3.63, 3.8) is 0 Å². The summed E-state index contributed by atoms with van der Waals surface area (Å²) in [7, 11) is 0. The normalized spacial score (nSPS) is 9.91. The summed E-state index contributed by atoms with van der Waals surface area (Å²) in [6, 6.07) is 10.7. The molecule has 0 saturated heterocycles. The third kappa shape index (κ3) is 1.18. The Balaban J connectivity index is 2.83. The zero-order valence-electron chi connectivity index (χ0n) is 6.54. The van der Waals surface area contributed by atoms with E-state index in [2.05, 4.69) is 50.1 Å². The number of rotatable bonds is 0. The number of fused-ring (bicyclic) bond motifs is 1. The topological polar surface area (TPSA) is 0 Å². The molecular formula is C10H9B. The molecule has 11 heavy (non-hydrogen) atoms. The molecule has 0 spiro atoms. The van der Waals surface area contributed by atoms with Gasteiger partial charge in [0.15, 0.2) is 0 Å². The summed E-state index contributed by atoms with van der Waals surface area (Å²) in [5.74, 6) is 2.07. The minimum absolute atomic E-state index is 1.32. The van der Waals surface area contributed by atoms with E-state index in [0.29, 0.717) is 0 Å². The van der Waals surface area contributed by atoms with Crippen LogP contribution in [0.15, 0.2) is 36.3 Å². The number of benzene rings is 1. The van der Waals surface area contributed by atoms with Crippen LogP contribution in [0.3, 0.4) is 0 Å². The molecular weight excluding hydrogens is 131 g/mol. The van der Waals surface area contributed by atoms with E-state index in [1.54, 1.807) is 0 Å². The van der Waals surface area contributed by atoms with E-state index in [0.717, 1.165) is 0 Å². The van der Waals surface area contributed by atoms with Crippen molar-refractivity contribution >= 4 is 17.6 Å². The van der Waals surface area contributed by atoms with Gasteiger partial charge in [-0.05, 0) is 0 Å². The van der Waals surface area contributed by atoms with Crippen LogP contribution in [-0.2, 0) is 0 Å². The molecule has 2 aromatic rings. The van der Waals surface area contributed by atoms with Crippen LogP contribution >= 0.6 is 0 Å². The van der Waals surface area contributed by atoms with Crippen molar-refractivity contribution in [1.29, 1.82) is 0 Å². The predicted molar refractivity (Wildman–Crippen MR) is 50.0 cm³/mol. The Morgan fingerprint density at radius 3 is 3.00 bits per heavy atom. The molecule has 0 fully saturated rings. The maximum absolute atomic E-state index is 2.20. The molecule has 0 atom stereocenters. The van der Waals surface area contributed by atoms with Gasteiger partial charge in [0.25, 0.3) is 0 Å². The molecule has 1 heteroatoms. The van der Waals surface area contributed by atoms with E-state index >= 15 is 0 Å². The third-order valence-electron chi connectivity index (χ3n) is 1.90. The molecule has 1 aromatic carbocycles. The standard InChI is InChI=1S/C10H9B/c1-8-4-5-9-3-2-6-11-10(9)7-8/h2-7H,1H3. The van der Waals surface area contributed by atoms with Crippen molar-refractivity contribution in [3.05, 3.63) is 41.9 Å². The molecule has 0 aliphatic heterocycles. The summed E-state index contributed by atoms with van der Waals surface area (Å²) in [4.78, 5) is 0. The summed E-state index contributed by atoms with van der Waals surface area (Å²) in [5.41, 5.74) is 1.32. The second kappa shape index (κ2) is 2.50. The monoisotopic (exact) mass is 140 g/mol. The molecule has 0 unspecified atom stereocenters. The van der Waals surface area contributed by atoms with Gasteiger partial charge in [-0.25, -0.2) is 0 Å². The van der Waals surface area contributed by atoms with Crippen molar-refractivity contribution < 1.29 is 0 Å². The quantitative estimate of drug-likeness (QED) is 0.527. The molecule has 0 radical (unpaired) electrons. The molecule has 52 valence electrons. The molecule has 0 aliphatic rings. The molecule has 1 heterocycles. The second-order valence-electron chi connectivity index (χ2n) is 2.85. The summed E-state index contributed by atoms with van der Waals surface area (Å²) in [5, 5.41) is 2.64. The van der Waals surface area contributed by atoms with Crippen LogP contribution in [0.4, 0.5) is 0 Å². The Morgan fingerprint density at radius 1 is 1.18 bits per heavy atom. The fourth-order valence-electron chi connectivity index (χ4n) is 1.31. The van der Waals surface area contributed by atoms with Crippen LogP contribution in [0.1, 0.15) is 5.56 Å². The molecule has 0 nitrogen and oxygen atoms in total. The zero-order valence-corrected chi connectivity index (χ0v) is 6.54. The Hall–Kier alpha value is -1.11. The number of hydrogen-bond donors (Lipinski definition) is 0. The van der Waals surface area contributed by atoms with Crippen molar-refractivity contribution in [2.75, 3.05) is 0 Å². The SMILES string of the molecule is Cc1ccc2cccbc2c1. The predicted octanol–water partition coefficient (Wildman–Crippen LogP) is 2.49. The Labute approximate surface area is 67.1 Å². The van der Waals surface area contributed by atoms with Gasteiger partial charge in [0, 0.05) is 0 Å². The first-order valence-electron chi connectivity index (χ1n) is 3.82. The first-order valence-corrected chi connectivity index (χ1v) is 3.82. The molecule has 1 aromatic heterocycles. The van der Waals surface area contributed by atoms with Crippen molar-refractivity contribution in [2.24, 2.45) is 0 Å². The summed E-state index contributed by atoms with van der Waals surface area (Å²) in [6.07, 6.45) is 0. The van der Waals surface area contributed by atoms with Crippen LogP contribution in [0.25, 0.3) is 10.7 Å². The van der Waals surface area contributed by atoms with Gasteiger partial charge in [-0.2, -0.15) is 0 Å². The van der Waals surface area contributed by atoms with Crippen LogP contribution < -0.4 is 0 Å². The van der Waals surface area contributed by atoms with Crippen molar-refractivity contribution in [1.82, 2.24) is 0 Å². The number of hydrogen-bond acceptors (Lipinski definition) is 0. The maximum atomic E-state index is 2.20. The first kappa shape index (κ1) is 6.60.